The van der Waals surface area contributed by atoms with E-state index in [0.717, 1.165) is 35.9 Å². The van der Waals surface area contributed by atoms with Crippen molar-refractivity contribution in [3.63, 3.8) is 0 Å². The summed E-state index contributed by atoms with van der Waals surface area (Å²) in [6, 6.07) is 7.99. The molecule has 19 heavy (non-hydrogen) atoms. The molecule has 0 saturated carbocycles. The molecule has 102 valence electrons. The Balaban J connectivity index is 2.40. The van der Waals surface area contributed by atoms with Crippen molar-refractivity contribution < 1.29 is 0 Å². The lowest BCUT2D eigenvalue weighted by Crippen LogP contribution is -2.25. The molecule has 2 rings (SSSR count). The van der Waals surface area contributed by atoms with Crippen LogP contribution in [0.15, 0.2) is 36.7 Å². The summed E-state index contributed by atoms with van der Waals surface area (Å²) in [5.74, 6) is 1.02. The molecule has 1 atom stereocenters. The lowest BCUT2D eigenvalue weighted by atomic mass is 10.1. The summed E-state index contributed by atoms with van der Waals surface area (Å²) in [5.41, 5.74) is 1.08. The quantitative estimate of drug-likeness (QED) is 0.874. The highest BCUT2D eigenvalue weighted by Crippen LogP contribution is 2.27. The Labute approximate surface area is 119 Å². The first-order valence-corrected chi connectivity index (χ1v) is 7.14. The summed E-state index contributed by atoms with van der Waals surface area (Å²) in [4.78, 5) is 4.51. The smallest absolute Gasteiger partial charge is 0.130 e. The molecule has 0 saturated heterocycles. The second kappa shape index (κ2) is 6.73. The van der Waals surface area contributed by atoms with Gasteiger partial charge in [-0.3, -0.25) is 0 Å². The van der Waals surface area contributed by atoms with Crippen molar-refractivity contribution in [3.8, 4) is 0 Å². The minimum absolute atomic E-state index is 0.0419. The number of aryl methyl sites for hydroxylation is 1. The van der Waals surface area contributed by atoms with Gasteiger partial charge in [-0.05, 0) is 24.6 Å². The van der Waals surface area contributed by atoms with Crippen LogP contribution in [-0.4, -0.2) is 16.1 Å². The maximum absolute atomic E-state index is 6.32. The molecule has 2 aromatic rings. The van der Waals surface area contributed by atoms with E-state index in [1.807, 2.05) is 30.6 Å². The van der Waals surface area contributed by atoms with Crippen LogP contribution >= 0.6 is 11.6 Å². The van der Waals surface area contributed by atoms with Crippen LogP contribution in [-0.2, 0) is 6.54 Å². The van der Waals surface area contributed by atoms with Gasteiger partial charge in [-0.1, -0.05) is 43.6 Å². The monoisotopic (exact) mass is 277 g/mol. The molecule has 0 aliphatic rings. The van der Waals surface area contributed by atoms with Crippen molar-refractivity contribution in [2.75, 3.05) is 6.54 Å². The fourth-order valence-electron chi connectivity index (χ4n) is 2.26. The molecular formula is C15H20ClN3. The fourth-order valence-corrected chi connectivity index (χ4v) is 2.51. The number of imidazole rings is 1. The van der Waals surface area contributed by atoms with E-state index in [2.05, 4.69) is 34.8 Å². The second-order valence-electron chi connectivity index (χ2n) is 4.49. The summed E-state index contributed by atoms with van der Waals surface area (Å²) in [6.07, 6.45) is 4.97. The normalized spacial score (nSPS) is 12.6. The van der Waals surface area contributed by atoms with E-state index in [1.54, 1.807) is 0 Å². The van der Waals surface area contributed by atoms with Crippen molar-refractivity contribution >= 4 is 11.6 Å². The zero-order valence-corrected chi connectivity index (χ0v) is 12.2. The number of nitrogens with zero attached hydrogens (tertiary/aromatic N) is 2. The van der Waals surface area contributed by atoms with Gasteiger partial charge in [0.25, 0.3) is 0 Å². The molecule has 0 aliphatic carbocycles. The van der Waals surface area contributed by atoms with Gasteiger partial charge in [-0.15, -0.1) is 0 Å². The lowest BCUT2D eigenvalue weighted by Gasteiger charge is -2.20. The van der Waals surface area contributed by atoms with Gasteiger partial charge in [-0.25, -0.2) is 4.98 Å². The van der Waals surface area contributed by atoms with E-state index < -0.39 is 0 Å². The summed E-state index contributed by atoms with van der Waals surface area (Å²) >= 11 is 6.32. The Morgan fingerprint density at radius 3 is 2.79 bits per heavy atom. The van der Waals surface area contributed by atoms with E-state index in [0.29, 0.717) is 0 Å². The Morgan fingerprint density at radius 2 is 2.11 bits per heavy atom. The molecule has 0 aliphatic heterocycles. The molecule has 4 heteroatoms. The zero-order chi connectivity index (χ0) is 13.7. The highest BCUT2D eigenvalue weighted by atomic mass is 35.5. The number of halogens is 1. The molecule has 0 spiro atoms. The molecule has 0 amide bonds. The standard InChI is InChI=1S/C15H20ClN3/c1-3-10-19-11-9-18-15(19)14(17-4-2)12-7-5-6-8-13(12)16/h5-9,11,14,17H,3-4,10H2,1-2H3. The Kier molecular flexibility index (Phi) is 5.00. The molecule has 0 bridgehead atoms. The first-order chi connectivity index (χ1) is 9.27. The van der Waals surface area contributed by atoms with Gasteiger partial charge in [0.15, 0.2) is 0 Å². The second-order valence-corrected chi connectivity index (χ2v) is 4.90. The van der Waals surface area contributed by atoms with Crippen molar-refractivity contribution in [3.05, 3.63) is 53.1 Å². The topological polar surface area (TPSA) is 29.9 Å². The molecule has 1 aromatic carbocycles. The zero-order valence-electron chi connectivity index (χ0n) is 11.4. The van der Waals surface area contributed by atoms with E-state index in [-0.39, 0.29) is 6.04 Å². The summed E-state index contributed by atoms with van der Waals surface area (Å²) in [5, 5.41) is 4.25. The van der Waals surface area contributed by atoms with Crippen molar-refractivity contribution in [2.45, 2.75) is 32.9 Å². The molecule has 1 N–H and O–H groups in total. The number of aromatic nitrogens is 2. The fraction of sp³-hybridized carbons (Fsp3) is 0.400. The first-order valence-electron chi connectivity index (χ1n) is 6.76. The molecular weight excluding hydrogens is 258 g/mol. The minimum atomic E-state index is 0.0419. The van der Waals surface area contributed by atoms with Gasteiger partial charge in [0.1, 0.15) is 5.82 Å². The molecule has 1 aromatic heterocycles. The predicted octanol–water partition coefficient (Wildman–Crippen LogP) is 3.65. The van der Waals surface area contributed by atoms with Crippen LogP contribution in [0.5, 0.6) is 0 Å². The number of hydrogen-bond acceptors (Lipinski definition) is 2. The van der Waals surface area contributed by atoms with Gasteiger partial charge < -0.3 is 9.88 Å². The van der Waals surface area contributed by atoms with Crippen LogP contribution in [0.1, 0.15) is 37.7 Å². The maximum Gasteiger partial charge on any atom is 0.130 e. The van der Waals surface area contributed by atoms with Gasteiger partial charge in [-0.2, -0.15) is 0 Å². The van der Waals surface area contributed by atoms with Gasteiger partial charge in [0, 0.05) is 24.0 Å². The molecule has 1 unspecified atom stereocenters. The Bertz CT molecular complexity index is 522. The minimum Gasteiger partial charge on any atom is -0.333 e. The number of rotatable bonds is 6. The third kappa shape index (κ3) is 3.17. The van der Waals surface area contributed by atoms with Gasteiger partial charge >= 0.3 is 0 Å². The molecule has 3 nitrogen and oxygen atoms in total. The van der Waals surface area contributed by atoms with Crippen LogP contribution < -0.4 is 5.32 Å². The van der Waals surface area contributed by atoms with Gasteiger partial charge in [0.2, 0.25) is 0 Å². The average molecular weight is 278 g/mol. The van der Waals surface area contributed by atoms with Crippen LogP contribution in [0.25, 0.3) is 0 Å². The number of benzene rings is 1. The third-order valence-corrected chi connectivity index (χ3v) is 3.44. The maximum atomic E-state index is 6.32. The first kappa shape index (κ1) is 14.1. The SMILES string of the molecule is CCCn1ccnc1C(NCC)c1ccccc1Cl. The molecule has 0 radical (unpaired) electrons. The largest absolute Gasteiger partial charge is 0.333 e. The van der Waals surface area contributed by atoms with E-state index in [4.69, 9.17) is 11.6 Å². The predicted molar refractivity (Wildman–Crippen MR) is 79.5 cm³/mol. The highest BCUT2D eigenvalue weighted by Gasteiger charge is 2.20. The average Bonchev–Trinajstić information content (AvgIpc) is 2.86. The lowest BCUT2D eigenvalue weighted by molar-refractivity contribution is 0.544. The van der Waals surface area contributed by atoms with E-state index in [1.165, 1.54) is 0 Å². The van der Waals surface area contributed by atoms with Crippen LogP contribution in [0.2, 0.25) is 5.02 Å². The molecule has 1 heterocycles. The van der Waals surface area contributed by atoms with Crippen molar-refractivity contribution in [1.29, 1.82) is 0 Å². The summed E-state index contributed by atoms with van der Waals surface area (Å²) in [6.45, 7) is 6.11. The number of hydrogen-bond donors (Lipinski definition) is 1. The van der Waals surface area contributed by atoms with Gasteiger partial charge in [0.05, 0.1) is 6.04 Å². The Morgan fingerprint density at radius 1 is 1.32 bits per heavy atom. The van der Waals surface area contributed by atoms with Crippen LogP contribution in [0.3, 0.4) is 0 Å². The molecule has 0 fully saturated rings. The Hall–Kier alpha value is -1.32. The summed E-state index contributed by atoms with van der Waals surface area (Å²) < 4.78 is 2.19. The third-order valence-electron chi connectivity index (χ3n) is 3.09. The number of nitrogens with one attached hydrogen (secondary N) is 1. The highest BCUT2D eigenvalue weighted by molar-refractivity contribution is 6.31. The van der Waals surface area contributed by atoms with Crippen LogP contribution in [0.4, 0.5) is 0 Å². The van der Waals surface area contributed by atoms with E-state index >= 15 is 0 Å². The van der Waals surface area contributed by atoms with Crippen molar-refractivity contribution in [1.82, 2.24) is 14.9 Å². The summed E-state index contributed by atoms with van der Waals surface area (Å²) in [7, 11) is 0. The van der Waals surface area contributed by atoms with E-state index in [9.17, 15) is 0 Å². The van der Waals surface area contributed by atoms with Crippen LogP contribution in [0, 0.1) is 0 Å². The van der Waals surface area contributed by atoms with Crippen molar-refractivity contribution in [2.24, 2.45) is 0 Å².